The van der Waals surface area contributed by atoms with Crippen LogP contribution < -0.4 is 5.32 Å². The van der Waals surface area contributed by atoms with Gasteiger partial charge < -0.3 is 9.88 Å². The lowest BCUT2D eigenvalue weighted by molar-refractivity contribution is 0.256. The Morgan fingerprint density at radius 3 is 2.87 bits per heavy atom. The van der Waals surface area contributed by atoms with Gasteiger partial charge >= 0.3 is 0 Å². The van der Waals surface area contributed by atoms with Crippen LogP contribution in [0.15, 0.2) is 12.4 Å². The lowest BCUT2D eigenvalue weighted by Gasteiger charge is -2.29. The van der Waals surface area contributed by atoms with Crippen molar-refractivity contribution >= 4 is 0 Å². The first-order valence-electron chi connectivity index (χ1n) is 6.02. The number of aromatic nitrogens is 2. The molecule has 1 aromatic rings. The van der Waals surface area contributed by atoms with E-state index in [1.54, 1.807) is 0 Å². The van der Waals surface area contributed by atoms with Gasteiger partial charge in [0.2, 0.25) is 0 Å². The van der Waals surface area contributed by atoms with E-state index in [1.807, 2.05) is 12.4 Å². The van der Waals surface area contributed by atoms with Crippen LogP contribution in [-0.4, -0.2) is 16.1 Å². The number of nitrogens with zero attached hydrogens (tertiary/aromatic N) is 2. The molecular formula is C12H21N3. The molecule has 2 rings (SSSR count). The van der Waals surface area contributed by atoms with Gasteiger partial charge in [0.15, 0.2) is 0 Å². The van der Waals surface area contributed by atoms with E-state index in [2.05, 4.69) is 28.8 Å². The van der Waals surface area contributed by atoms with Gasteiger partial charge in [0, 0.05) is 19.4 Å². The maximum absolute atomic E-state index is 4.45. The Balaban J connectivity index is 2.01. The average molecular weight is 207 g/mol. The van der Waals surface area contributed by atoms with Crippen molar-refractivity contribution in [2.45, 2.75) is 38.6 Å². The smallest absolute Gasteiger partial charge is 0.125 e. The van der Waals surface area contributed by atoms with Crippen LogP contribution in [0, 0.1) is 5.92 Å². The molecule has 1 heterocycles. The third kappa shape index (κ3) is 2.40. The molecule has 0 spiro atoms. The molecule has 1 aliphatic carbocycles. The Morgan fingerprint density at radius 2 is 2.40 bits per heavy atom. The maximum Gasteiger partial charge on any atom is 0.125 e. The Labute approximate surface area is 91.9 Å². The fraction of sp³-hybridized carbons (Fsp3) is 0.750. The van der Waals surface area contributed by atoms with Crippen LogP contribution in [0.5, 0.6) is 0 Å². The second-order valence-corrected chi connectivity index (χ2v) is 4.54. The zero-order chi connectivity index (χ0) is 10.7. The molecule has 0 radical (unpaired) electrons. The molecule has 3 heteroatoms. The summed E-state index contributed by atoms with van der Waals surface area (Å²) in [5, 5.41) is 3.54. The van der Waals surface area contributed by atoms with E-state index < -0.39 is 0 Å². The molecule has 1 aliphatic rings. The number of hydrogen-bond acceptors (Lipinski definition) is 2. The van der Waals surface area contributed by atoms with E-state index >= 15 is 0 Å². The molecule has 1 N–H and O–H groups in total. The number of hydrogen-bond donors (Lipinski definition) is 1. The number of nitrogens with one attached hydrogen (secondary N) is 1. The summed E-state index contributed by atoms with van der Waals surface area (Å²) in [6.45, 7) is 3.18. The fourth-order valence-electron chi connectivity index (χ4n) is 2.30. The summed E-state index contributed by atoms with van der Waals surface area (Å²) in [5.41, 5.74) is 0. The molecule has 1 saturated carbocycles. The second-order valence-electron chi connectivity index (χ2n) is 4.54. The molecule has 15 heavy (non-hydrogen) atoms. The molecule has 0 bridgehead atoms. The van der Waals surface area contributed by atoms with Gasteiger partial charge in [-0.25, -0.2) is 4.98 Å². The van der Waals surface area contributed by atoms with E-state index in [-0.39, 0.29) is 0 Å². The van der Waals surface area contributed by atoms with Crippen molar-refractivity contribution in [3.8, 4) is 0 Å². The summed E-state index contributed by atoms with van der Waals surface area (Å²) in [4.78, 5) is 4.45. The van der Waals surface area contributed by atoms with Gasteiger partial charge in [-0.3, -0.25) is 0 Å². The van der Waals surface area contributed by atoms with Gasteiger partial charge in [-0.2, -0.15) is 0 Å². The molecule has 0 amide bonds. The predicted octanol–water partition coefficient (Wildman–Crippen LogP) is 2.26. The van der Waals surface area contributed by atoms with Crippen molar-refractivity contribution < 1.29 is 0 Å². The summed E-state index contributed by atoms with van der Waals surface area (Å²) < 4.78 is 2.13. The number of imidazole rings is 1. The molecule has 0 saturated heterocycles. The molecule has 0 aromatic carbocycles. The minimum absolute atomic E-state index is 0.445. The maximum atomic E-state index is 4.45. The second kappa shape index (κ2) is 4.79. The van der Waals surface area contributed by atoms with Gasteiger partial charge in [-0.1, -0.05) is 26.2 Å². The van der Waals surface area contributed by atoms with Crippen molar-refractivity contribution in [3.63, 3.8) is 0 Å². The largest absolute Gasteiger partial charge is 0.337 e. The highest BCUT2D eigenvalue weighted by Crippen LogP contribution is 2.34. The molecule has 1 fully saturated rings. The van der Waals surface area contributed by atoms with Crippen LogP contribution in [-0.2, 0) is 7.05 Å². The summed E-state index contributed by atoms with van der Waals surface area (Å²) >= 11 is 0. The highest BCUT2D eigenvalue weighted by atomic mass is 15.1. The van der Waals surface area contributed by atoms with Crippen molar-refractivity contribution in [2.75, 3.05) is 6.54 Å². The molecule has 84 valence electrons. The summed E-state index contributed by atoms with van der Waals surface area (Å²) in [5.74, 6) is 2.11. The third-order valence-corrected chi connectivity index (χ3v) is 3.41. The van der Waals surface area contributed by atoms with Crippen LogP contribution in [0.25, 0.3) is 0 Å². The number of aryl methyl sites for hydroxylation is 1. The Hall–Kier alpha value is -0.830. The molecule has 3 nitrogen and oxygen atoms in total. The highest BCUT2D eigenvalue weighted by molar-refractivity contribution is 4.99. The predicted molar refractivity (Wildman–Crippen MR) is 61.6 cm³/mol. The van der Waals surface area contributed by atoms with Crippen LogP contribution in [0.3, 0.4) is 0 Å². The van der Waals surface area contributed by atoms with E-state index in [0.29, 0.717) is 6.04 Å². The van der Waals surface area contributed by atoms with Gasteiger partial charge in [-0.05, 0) is 18.9 Å². The molecule has 1 unspecified atom stereocenters. The van der Waals surface area contributed by atoms with Crippen LogP contribution >= 0.6 is 0 Å². The van der Waals surface area contributed by atoms with Crippen molar-refractivity contribution in [1.29, 1.82) is 0 Å². The van der Waals surface area contributed by atoms with Gasteiger partial charge in [-0.15, -0.1) is 0 Å². The third-order valence-electron chi connectivity index (χ3n) is 3.41. The van der Waals surface area contributed by atoms with Crippen LogP contribution in [0.2, 0.25) is 0 Å². The topological polar surface area (TPSA) is 29.9 Å². The molecule has 1 aromatic heterocycles. The lowest BCUT2D eigenvalue weighted by Crippen LogP contribution is -2.27. The van der Waals surface area contributed by atoms with E-state index in [4.69, 9.17) is 0 Å². The standard InChI is InChI=1S/C12H21N3/c1-3-13-11(9-10-5-4-6-10)12-14-7-8-15(12)2/h7-8,10-11,13H,3-6,9H2,1-2H3. The SMILES string of the molecule is CCNC(CC1CCC1)c1nccn1C. The Morgan fingerprint density at radius 1 is 1.60 bits per heavy atom. The minimum Gasteiger partial charge on any atom is -0.337 e. The van der Waals surface area contributed by atoms with E-state index in [1.165, 1.54) is 31.5 Å². The lowest BCUT2D eigenvalue weighted by atomic mass is 9.80. The van der Waals surface area contributed by atoms with Gasteiger partial charge in [0.05, 0.1) is 6.04 Å². The quantitative estimate of drug-likeness (QED) is 0.802. The van der Waals surface area contributed by atoms with Crippen molar-refractivity contribution in [1.82, 2.24) is 14.9 Å². The van der Waals surface area contributed by atoms with Gasteiger partial charge in [0.1, 0.15) is 5.82 Å². The summed E-state index contributed by atoms with van der Waals surface area (Å²) in [7, 11) is 2.08. The van der Waals surface area contributed by atoms with Crippen LogP contribution in [0.4, 0.5) is 0 Å². The Bertz CT molecular complexity index is 302. The first kappa shape index (κ1) is 10.7. The van der Waals surface area contributed by atoms with Gasteiger partial charge in [0.25, 0.3) is 0 Å². The van der Waals surface area contributed by atoms with Crippen molar-refractivity contribution in [3.05, 3.63) is 18.2 Å². The highest BCUT2D eigenvalue weighted by Gasteiger charge is 2.24. The first-order valence-corrected chi connectivity index (χ1v) is 6.02. The van der Waals surface area contributed by atoms with Crippen molar-refractivity contribution in [2.24, 2.45) is 13.0 Å². The van der Waals surface area contributed by atoms with E-state index in [9.17, 15) is 0 Å². The zero-order valence-electron chi connectivity index (χ0n) is 9.74. The zero-order valence-corrected chi connectivity index (χ0v) is 9.74. The van der Waals surface area contributed by atoms with E-state index in [0.717, 1.165) is 12.5 Å². The number of rotatable bonds is 5. The summed E-state index contributed by atoms with van der Waals surface area (Å²) in [6.07, 6.45) is 9.41. The minimum atomic E-state index is 0.445. The normalized spacial score (nSPS) is 18.8. The monoisotopic (exact) mass is 207 g/mol. The Kier molecular flexibility index (Phi) is 3.41. The molecular weight excluding hydrogens is 186 g/mol. The molecule has 1 atom stereocenters. The fourth-order valence-corrected chi connectivity index (χ4v) is 2.30. The van der Waals surface area contributed by atoms with Crippen LogP contribution in [0.1, 0.15) is 44.5 Å². The first-order chi connectivity index (χ1) is 7.31. The summed E-state index contributed by atoms with van der Waals surface area (Å²) in [6, 6.07) is 0.445. The molecule has 0 aliphatic heterocycles. The average Bonchev–Trinajstić information content (AvgIpc) is 2.56.